The second-order valence-electron chi connectivity index (χ2n) is 7.03. The largest absolute Gasteiger partial charge is 0.342 e. The zero-order chi connectivity index (χ0) is 17.2. The Bertz CT molecular complexity index is 797. The van der Waals surface area contributed by atoms with E-state index < -0.39 is 0 Å². The third-order valence-corrected chi connectivity index (χ3v) is 5.42. The average Bonchev–Trinajstić information content (AvgIpc) is 3.02. The fourth-order valence-corrected chi connectivity index (χ4v) is 4.00. The molecule has 2 aliphatic rings. The molecule has 2 aromatic rings. The van der Waals surface area contributed by atoms with E-state index in [-0.39, 0.29) is 11.6 Å². The monoisotopic (exact) mass is 343 g/mol. The summed E-state index contributed by atoms with van der Waals surface area (Å²) >= 11 is 0. The van der Waals surface area contributed by atoms with Crippen LogP contribution in [0.3, 0.4) is 0 Å². The number of nitrogens with zero attached hydrogens (tertiary/aromatic N) is 2. The highest BCUT2D eigenvalue weighted by atomic mass is 16.2. The van der Waals surface area contributed by atoms with Gasteiger partial charge in [-0.05, 0) is 30.5 Å². The summed E-state index contributed by atoms with van der Waals surface area (Å²) < 4.78 is 0. The van der Waals surface area contributed by atoms with E-state index in [0.717, 1.165) is 68.7 Å². The zero-order valence-corrected chi connectivity index (χ0v) is 14.4. The molecule has 3 heterocycles. The lowest BCUT2D eigenvalue weighted by Crippen LogP contribution is -2.52. The number of piperidine rings is 1. The first-order valence-electron chi connectivity index (χ1n) is 9.12. The smallest absolute Gasteiger partial charge is 0.323 e. The van der Waals surface area contributed by atoms with Crippen molar-refractivity contribution in [3.8, 4) is 0 Å². The van der Waals surface area contributed by atoms with Gasteiger partial charge in [0.15, 0.2) is 0 Å². The summed E-state index contributed by atoms with van der Waals surface area (Å²) in [4.78, 5) is 34.0. The van der Waals surface area contributed by atoms with Gasteiger partial charge in [-0.25, -0.2) is 4.79 Å². The number of aromatic amines is 2. The molecule has 2 aliphatic heterocycles. The molecule has 1 aromatic heterocycles. The Kier molecular flexibility index (Phi) is 4.59. The summed E-state index contributed by atoms with van der Waals surface area (Å²) in [6.45, 7) is 6.07. The molecular formula is C18H25N5O2. The molecule has 0 unspecified atom stereocenters. The van der Waals surface area contributed by atoms with E-state index >= 15 is 0 Å². The minimum absolute atomic E-state index is 0.177. The highest BCUT2D eigenvalue weighted by molar-refractivity contribution is 5.81. The number of rotatable bonds is 3. The van der Waals surface area contributed by atoms with Gasteiger partial charge in [-0.15, -0.1) is 0 Å². The predicted octanol–water partition coefficient (Wildman–Crippen LogP) is 0.295. The van der Waals surface area contributed by atoms with Gasteiger partial charge in [0.25, 0.3) is 0 Å². The van der Waals surface area contributed by atoms with E-state index in [1.54, 1.807) is 0 Å². The molecular weight excluding hydrogens is 318 g/mol. The molecule has 7 nitrogen and oxygen atoms in total. The van der Waals surface area contributed by atoms with Crippen LogP contribution in [0.4, 0.5) is 0 Å². The highest BCUT2D eigenvalue weighted by Crippen LogP contribution is 2.18. The van der Waals surface area contributed by atoms with Crippen LogP contribution < -0.4 is 11.0 Å². The Morgan fingerprint density at radius 1 is 1.04 bits per heavy atom. The van der Waals surface area contributed by atoms with Crippen LogP contribution in [0.5, 0.6) is 0 Å². The van der Waals surface area contributed by atoms with E-state index in [1.165, 1.54) is 0 Å². The van der Waals surface area contributed by atoms with E-state index in [4.69, 9.17) is 0 Å². The van der Waals surface area contributed by atoms with Gasteiger partial charge in [0.05, 0.1) is 17.5 Å². The third-order valence-electron chi connectivity index (χ3n) is 5.42. The van der Waals surface area contributed by atoms with Crippen molar-refractivity contribution in [2.75, 3.05) is 39.3 Å². The number of fused-ring (bicyclic) bond motifs is 1. The summed E-state index contributed by atoms with van der Waals surface area (Å²) in [5.74, 6) is 0.177. The lowest BCUT2D eigenvalue weighted by molar-refractivity contribution is -0.132. The minimum Gasteiger partial charge on any atom is -0.342 e. The second-order valence-corrected chi connectivity index (χ2v) is 7.03. The number of amides is 1. The molecule has 0 aliphatic carbocycles. The number of carbonyl (C=O) groups excluding carboxylic acids is 1. The molecule has 1 amide bonds. The first kappa shape index (κ1) is 16.4. The average molecular weight is 343 g/mol. The van der Waals surface area contributed by atoms with Gasteiger partial charge in [0.2, 0.25) is 5.91 Å². The SMILES string of the molecule is O=C(Cc1ccc2[nH]c(=O)[nH]c2c1)N1CCC(N2CCNCC2)CC1. The first-order valence-corrected chi connectivity index (χ1v) is 9.12. The standard InChI is InChI=1S/C18H25N5O2/c24-17(12-13-1-2-15-16(11-13)21-18(25)20-15)23-7-3-14(4-8-23)22-9-5-19-6-10-22/h1-2,11,14,19H,3-10,12H2,(H2,20,21,25). The van der Waals surface area contributed by atoms with E-state index in [9.17, 15) is 9.59 Å². The maximum Gasteiger partial charge on any atom is 0.323 e. The Labute approximate surface area is 146 Å². The van der Waals surface area contributed by atoms with Crippen LogP contribution in [0.1, 0.15) is 18.4 Å². The van der Waals surface area contributed by atoms with Crippen LogP contribution in [0.15, 0.2) is 23.0 Å². The number of carbonyl (C=O) groups is 1. The third kappa shape index (κ3) is 3.62. The molecule has 3 N–H and O–H groups in total. The van der Waals surface area contributed by atoms with Crippen molar-refractivity contribution in [1.29, 1.82) is 0 Å². The number of imidazole rings is 1. The molecule has 2 fully saturated rings. The van der Waals surface area contributed by atoms with Crippen molar-refractivity contribution in [2.24, 2.45) is 0 Å². The molecule has 2 saturated heterocycles. The van der Waals surface area contributed by atoms with Gasteiger partial charge < -0.3 is 20.2 Å². The Morgan fingerprint density at radius 3 is 2.52 bits per heavy atom. The number of H-pyrrole nitrogens is 2. The molecule has 0 radical (unpaired) electrons. The van der Waals surface area contributed by atoms with Gasteiger partial charge in [0, 0.05) is 45.3 Å². The number of likely N-dealkylation sites (tertiary alicyclic amines) is 1. The second kappa shape index (κ2) is 7.01. The van der Waals surface area contributed by atoms with Crippen LogP contribution in [-0.2, 0) is 11.2 Å². The van der Waals surface area contributed by atoms with Crippen molar-refractivity contribution in [2.45, 2.75) is 25.3 Å². The molecule has 7 heteroatoms. The predicted molar refractivity (Wildman–Crippen MR) is 96.7 cm³/mol. The van der Waals surface area contributed by atoms with E-state index in [0.29, 0.717) is 12.5 Å². The maximum atomic E-state index is 12.6. The normalized spacial score (nSPS) is 20.2. The van der Waals surface area contributed by atoms with Crippen LogP contribution in [0.25, 0.3) is 11.0 Å². The Hall–Kier alpha value is -2.12. The van der Waals surface area contributed by atoms with Crippen LogP contribution >= 0.6 is 0 Å². The van der Waals surface area contributed by atoms with Gasteiger partial charge in [-0.3, -0.25) is 9.69 Å². The van der Waals surface area contributed by atoms with Crippen molar-refractivity contribution in [3.05, 3.63) is 34.2 Å². The van der Waals surface area contributed by atoms with Gasteiger partial charge >= 0.3 is 5.69 Å². The Balaban J connectivity index is 1.34. The molecule has 1 aromatic carbocycles. The summed E-state index contributed by atoms with van der Waals surface area (Å²) in [7, 11) is 0. The summed E-state index contributed by atoms with van der Waals surface area (Å²) in [6.07, 6.45) is 2.52. The number of aromatic nitrogens is 2. The maximum absolute atomic E-state index is 12.6. The molecule has 0 atom stereocenters. The lowest BCUT2D eigenvalue weighted by Gasteiger charge is -2.40. The van der Waals surface area contributed by atoms with Crippen LogP contribution in [0, 0.1) is 0 Å². The van der Waals surface area contributed by atoms with Crippen molar-refractivity contribution < 1.29 is 4.79 Å². The topological polar surface area (TPSA) is 84.2 Å². The zero-order valence-electron chi connectivity index (χ0n) is 14.4. The fraction of sp³-hybridized carbons (Fsp3) is 0.556. The molecule has 0 spiro atoms. The molecule has 0 bridgehead atoms. The highest BCUT2D eigenvalue weighted by Gasteiger charge is 2.27. The fourth-order valence-electron chi connectivity index (χ4n) is 4.00. The van der Waals surface area contributed by atoms with Crippen LogP contribution in [-0.4, -0.2) is 71.0 Å². The van der Waals surface area contributed by atoms with Gasteiger partial charge in [-0.2, -0.15) is 0 Å². The molecule has 0 saturated carbocycles. The molecule has 4 rings (SSSR count). The van der Waals surface area contributed by atoms with Crippen LogP contribution in [0.2, 0.25) is 0 Å². The quantitative estimate of drug-likeness (QED) is 0.748. The number of hydrogen-bond acceptors (Lipinski definition) is 4. The number of hydrogen-bond donors (Lipinski definition) is 3. The van der Waals surface area contributed by atoms with Crippen molar-refractivity contribution in [3.63, 3.8) is 0 Å². The van der Waals surface area contributed by atoms with Gasteiger partial charge in [0.1, 0.15) is 0 Å². The van der Waals surface area contributed by atoms with Crippen molar-refractivity contribution >= 4 is 16.9 Å². The number of benzene rings is 1. The van der Waals surface area contributed by atoms with E-state index in [2.05, 4.69) is 20.2 Å². The minimum atomic E-state index is -0.214. The lowest BCUT2D eigenvalue weighted by atomic mass is 10.0. The number of piperazine rings is 1. The number of nitrogens with one attached hydrogen (secondary N) is 3. The van der Waals surface area contributed by atoms with Crippen molar-refractivity contribution in [1.82, 2.24) is 25.1 Å². The molecule has 134 valence electrons. The summed E-state index contributed by atoms with van der Waals surface area (Å²) in [5, 5.41) is 3.39. The first-order chi connectivity index (χ1) is 12.2. The van der Waals surface area contributed by atoms with E-state index in [1.807, 2.05) is 23.1 Å². The summed E-state index contributed by atoms with van der Waals surface area (Å²) in [5.41, 5.74) is 2.26. The molecule has 25 heavy (non-hydrogen) atoms. The summed E-state index contributed by atoms with van der Waals surface area (Å²) in [6, 6.07) is 6.27. The van der Waals surface area contributed by atoms with Gasteiger partial charge in [-0.1, -0.05) is 6.07 Å². The Morgan fingerprint density at radius 2 is 1.76 bits per heavy atom.